The van der Waals surface area contributed by atoms with Crippen molar-refractivity contribution in [2.45, 2.75) is 30.8 Å². The maximum absolute atomic E-state index is 14.3. The van der Waals surface area contributed by atoms with Gasteiger partial charge in [0.05, 0.1) is 17.7 Å². The number of hydrogen-bond acceptors (Lipinski definition) is 5. The summed E-state index contributed by atoms with van der Waals surface area (Å²) in [4.78, 5) is 29.2. The lowest BCUT2D eigenvalue weighted by atomic mass is 10.0. The molecule has 0 saturated heterocycles. The Morgan fingerprint density at radius 1 is 0.884 bits per heavy atom. The van der Waals surface area contributed by atoms with Crippen LogP contribution in [0.5, 0.6) is 5.75 Å². The van der Waals surface area contributed by atoms with Crippen LogP contribution in [-0.2, 0) is 32.6 Å². The van der Waals surface area contributed by atoms with Crippen molar-refractivity contribution in [3.63, 3.8) is 0 Å². The number of methoxy groups -OCH3 is 1. The Kier molecular flexibility index (Phi) is 10.6. The van der Waals surface area contributed by atoms with Crippen molar-refractivity contribution >= 4 is 43.5 Å². The number of anilines is 1. The number of carbonyl (C=O) groups excluding carboxylic acids is 2. The molecule has 0 aliphatic rings. The molecule has 8 nitrogen and oxygen atoms in total. The molecule has 0 spiro atoms. The normalized spacial score (nSPS) is 11.8. The number of benzene rings is 4. The highest BCUT2D eigenvalue weighted by atomic mass is 79.9. The van der Waals surface area contributed by atoms with E-state index < -0.39 is 28.5 Å². The van der Waals surface area contributed by atoms with Crippen LogP contribution in [0, 0.1) is 6.92 Å². The van der Waals surface area contributed by atoms with Gasteiger partial charge in [-0.05, 0) is 66.6 Å². The van der Waals surface area contributed by atoms with E-state index in [0.29, 0.717) is 11.4 Å². The minimum absolute atomic E-state index is 0.0553. The largest absolute Gasteiger partial charge is 0.497 e. The number of nitrogens with one attached hydrogen (secondary N) is 1. The Morgan fingerprint density at radius 2 is 1.53 bits per heavy atom. The maximum atomic E-state index is 14.3. The lowest BCUT2D eigenvalue weighted by Gasteiger charge is -2.33. The first-order chi connectivity index (χ1) is 20.6. The number of likely N-dealkylation sites (N-methyl/N-ethyl adjacent to an activating group) is 1. The highest BCUT2D eigenvalue weighted by Gasteiger charge is 2.34. The Morgan fingerprint density at radius 3 is 2.16 bits per heavy atom. The van der Waals surface area contributed by atoms with Crippen LogP contribution >= 0.6 is 15.9 Å². The summed E-state index contributed by atoms with van der Waals surface area (Å²) in [6.45, 7) is 1.40. The molecule has 224 valence electrons. The van der Waals surface area contributed by atoms with Crippen LogP contribution in [0.1, 0.15) is 16.7 Å². The van der Waals surface area contributed by atoms with Gasteiger partial charge in [0, 0.05) is 24.5 Å². The predicted octanol–water partition coefficient (Wildman–Crippen LogP) is 5.35. The quantitative estimate of drug-likeness (QED) is 0.221. The van der Waals surface area contributed by atoms with Crippen LogP contribution < -0.4 is 14.4 Å². The smallest absolute Gasteiger partial charge is 0.264 e. The van der Waals surface area contributed by atoms with Gasteiger partial charge < -0.3 is 15.0 Å². The molecular weight excluding hydrogens is 630 g/mol. The standard InChI is InChI=1S/C33H34BrN3O5S/c1-24-12-18-30(19-13-24)43(40,41)37(28-16-14-27(34)15-17-28)23-32(38)36(22-26-10-7-11-29(20-26)42-3)31(33(39)35-2)21-25-8-5-4-6-9-25/h4-20,31H,21-23H2,1-3H3,(H,35,39). The van der Waals surface area contributed by atoms with Crippen LogP contribution in [0.4, 0.5) is 5.69 Å². The van der Waals surface area contributed by atoms with Crippen molar-refractivity contribution in [2.24, 2.45) is 0 Å². The van der Waals surface area contributed by atoms with Gasteiger partial charge in [0.15, 0.2) is 0 Å². The average molecular weight is 665 g/mol. The van der Waals surface area contributed by atoms with E-state index in [9.17, 15) is 18.0 Å². The summed E-state index contributed by atoms with van der Waals surface area (Å²) < 4.78 is 35.3. The zero-order chi connectivity index (χ0) is 31.0. The fraction of sp³-hybridized carbons (Fsp3) is 0.212. The van der Waals surface area contributed by atoms with Crippen molar-refractivity contribution in [1.29, 1.82) is 0 Å². The number of rotatable bonds is 12. The first kappa shape index (κ1) is 31.8. The third-order valence-electron chi connectivity index (χ3n) is 7.01. The average Bonchev–Trinajstić information content (AvgIpc) is 3.02. The van der Waals surface area contributed by atoms with Gasteiger partial charge in [-0.15, -0.1) is 0 Å². The SMILES string of the molecule is CNC(=O)C(Cc1ccccc1)N(Cc1cccc(OC)c1)C(=O)CN(c1ccc(Br)cc1)S(=O)(=O)c1ccc(C)cc1. The molecule has 0 heterocycles. The summed E-state index contributed by atoms with van der Waals surface area (Å²) in [6.07, 6.45) is 0.235. The fourth-order valence-electron chi connectivity index (χ4n) is 4.66. The predicted molar refractivity (Wildman–Crippen MR) is 171 cm³/mol. The van der Waals surface area contributed by atoms with Crippen LogP contribution in [-0.4, -0.2) is 51.9 Å². The molecule has 4 aromatic rings. The summed E-state index contributed by atoms with van der Waals surface area (Å²) >= 11 is 3.40. The highest BCUT2D eigenvalue weighted by molar-refractivity contribution is 9.10. The summed E-state index contributed by atoms with van der Waals surface area (Å²) in [5, 5.41) is 2.69. The minimum atomic E-state index is -4.16. The van der Waals surface area contributed by atoms with Gasteiger partial charge in [-0.3, -0.25) is 13.9 Å². The highest BCUT2D eigenvalue weighted by Crippen LogP contribution is 2.27. The second-order valence-corrected chi connectivity index (χ2v) is 12.8. The molecule has 4 rings (SSSR count). The van der Waals surface area contributed by atoms with Crippen LogP contribution in [0.3, 0.4) is 0 Å². The summed E-state index contributed by atoms with van der Waals surface area (Å²) in [7, 11) is -1.09. The number of nitrogens with zero attached hydrogens (tertiary/aromatic N) is 2. The molecule has 1 N–H and O–H groups in total. The third-order valence-corrected chi connectivity index (χ3v) is 9.32. The van der Waals surface area contributed by atoms with E-state index in [2.05, 4.69) is 21.2 Å². The van der Waals surface area contributed by atoms with Crippen molar-refractivity contribution in [1.82, 2.24) is 10.2 Å². The van der Waals surface area contributed by atoms with E-state index in [-0.39, 0.29) is 23.8 Å². The zero-order valence-corrected chi connectivity index (χ0v) is 26.6. The van der Waals surface area contributed by atoms with Gasteiger partial charge in [0.1, 0.15) is 18.3 Å². The van der Waals surface area contributed by atoms with Gasteiger partial charge in [-0.25, -0.2) is 8.42 Å². The van der Waals surface area contributed by atoms with Crippen molar-refractivity contribution < 1.29 is 22.7 Å². The molecule has 0 fully saturated rings. The molecule has 0 aliphatic carbocycles. The van der Waals surface area contributed by atoms with Crippen molar-refractivity contribution in [3.8, 4) is 5.75 Å². The zero-order valence-electron chi connectivity index (χ0n) is 24.2. The minimum Gasteiger partial charge on any atom is -0.497 e. The first-order valence-electron chi connectivity index (χ1n) is 13.6. The lowest BCUT2D eigenvalue weighted by molar-refractivity contribution is -0.139. The Hall–Kier alpha value is -4.15. The Labute approximate surface area is 261 Å². The summed E-state index contributed by atoms with van der Waals surface area (Å²) in [6, 6.07) is 28.9. The number of halogens is 1. The number of amides is 2. The molecule has 4 aromatic carbocycles. The summed E-state index contributed by atoms with van der Waals surface area (Å²) in [5.41, 5.74) is 2.81. The maximum Gasteiger partial charge on any atom is 0.264 e. The summed E-state index contributed by atoms with van der Waals surface area (Å²) in [5.74, 6) is -0.300. The second-order valence-electron chi connectivity index (χ2n) is 9.99. The molecule has 1 unspecified atom stereocenters. The van der Waals surface area contributed by atoms with Crippen LogP contribution in [0.2, 0.25) is 0 Å². The van der Waals surface area contributed by atoms with E-state index >= 15 is 0 Å². The lowest BCUT2D eigenvalue weighted by Crippen LogP contribution is -2.53. The number of sulfonamides is 1. The number of aryl methyl sites for hydroxylation is 1. The molecule has 0 aromatic heterocycles. The second kappa shape index (κ2) is 14.3. The molecular formula is C33H34BrN3O5S. The van der Waals surface area contributed by atoms with E-state index in [1.807, 2.05) is 43.3 Å². The van der Waals surface area contributed by atoms with Gasteiger partial charge >= 0.3 is 0 Å². The van der Waals surface area contributed by atoms with Crippen LogP contribution in [0.15, 0.2) is 112 Å². The van der Waals surface area contributed by atoms with Gasteiger partial charge in [-0.1, -0.05) is 76.1 Å². The Balaban J connectivity index is 1.79. The van der Waals surface area contributed by atoms with Crippen LogP contribution in [0.25, 0.3) is 0 Å². The van der Waals surface area contributed by atoms with Gasteiger partial charge in [0.2, 0.25) is 11.8 Å². The van der Waals surface area contributed by atoms with E-state index in [4.69, 9.17) is 4.74 Å². The fourth-order valence-corrected chi connectivity index (χ4v) is 6.34. The van der Waals surface area contributed by atoms with Crippen molar-refractivity contribution in [3.05, 3.63) is 124 Å². The van der Waals surface area contributed by atoms with Gasteiger partial charge in [0.25, 0.3) is 10.0 Å². The van der Waals surface area contributed by atoms with Gasteiger partial charge in [-0.2, -0.15) is 0 Å². The molecule has 0 aliphatic heterocycles. The number of hydrogen-bond donors (Lipinski definition) is 1. The number of carbonyl (C=O) groups is 2. The molecule has 43 heavy (non-hydrogen) atoms. The number of ether oxygens (including phenoxy) is 1. The van der Waals surface area contributed by atoms with Crippen molar-refractivity contribution in [2.75, 3.05) is 25.0 Å². The molecule has 0 saturated carbocycles. The van der Waals surface area contributed by atoms with E-state index in [1.54, 1.807) is 61.7 Å². The molecule has 0 radical (unpaired) electrons. The molecule has 10 heteroatoms. The first-order valence-corrected chi connectivity index (χ1v) is 15.9. The molecule has 2 amide bonds. The van der Waals surface area contributed by atoms with E-state index in [0.717, 1.165) is 25.5 Å². The van der Waals surface area contributed by atoms with E-state index in [1.165, 1.54) is 24.1 Å². The monoisotopic (exact) mass is 663 g/mol. The molecule has 1 atom stereocenters. The third kappa shape index (κ3) is 8.03. The Bertz CT molecular complexity index is 1650. The molecule has 0 bridgehead atoms. The topological polar surface area (TPSA) is 96.0 Å².